The van der Waals surface area contributed by atoms with Gasteiger partial charge in [0, 0.05) is 17.0 Å². The van der Waals surface area contributed by atoms with Crippen molar-refractivity contribution in [2.45, 2.75) is 35.4 Å². The maximum absolute atomic E-state index is 12.3. The summed E-state index contributed by atoms with van der Waals surface area (Å²) >= 11 is 3.10. The second-order valence-electron chi connectivity index (χ2n) is 6.15. The summed E-state index contributed by atoms with van der Waals surface area (Å²) in [4.78, 5) is 13.3. The van der Waals surface area contributed by atoms with Gasteiger partial charge in [0.15, 0.2) is 4.34 Å². The molecule has 3 rings (SSSR count). The number of nitrogens with one attached hydrogen (secondary N) is 2. The summed E-state index contributed by atoms with van der Waals surface area (Å²) in [5.74, 6) is 1.19. The number of piperidine rings is 1. The third-order valence-electron chi connectivity index (χ3n) is 4.38. The largest absolute Gasteiger partial charge is 0.326 e. The van der Waals surface area contributed by atoms with Crippen LogP contribution >= 0.6 is 35.5 Å². The molecule has 2 heterocycles. The first-order chi connectivity index (χ1) is 11.7. The molecule has 5 nitrogen and oxygen atoms in total. The molecule has 25 heavy (non-hydrogen) atoms. The van der Waals surface area contributed by atoms with Gasteiger partial charge in [0.05, 0.1) is 0 Å². The van der Waals surface area contributed by atoms with Gasteiger partial charge in [-0.15, -0.1) is 22.6 Å². The molecule has 2 aromatic rings. The first kappa shape index (κ1) is 20.2. The lowest BCUT2D eigenvalue weighted by atomic mass is 9.84. The summed E-state index contributed by atoms with van der Waals surface area (Å²) in [5.41, 5.74) is 2.57. The Morgan fingerprint density at radius 1 is 1.36 bits per heavy atom. The highest BCUT2D eigenvalue weighted by molar-refractivity contribution is 8.01. The molecule has 0 saturated carbocycles. The molecule has 0 bridgehead atoms. The number of hydrogen-bond acceptors (Lipinski definition) is 6. The number of halogens is 1. The van der Waals surface area contributed by atoms with Gasteiger partial charge in [-0.05, 0) is 62.0 Å². The van der Waals surface area contributed by atoms with Crippen LogP contribution in [0.15, 0.2) is 39.0 Å². The van der Waals surface area contributed by atoms with Crippen LogP contribution in [0.4, 0.5) is 5.69 Å². The van der Waals surface area contributed by atoms with Gasteiger partial charge in [0.2, 0.25) is 5.91 Å². The van der Waals surface area contributed by atoms with Crippen molar-refractivity contribution in [2.75, 3.05) is 18.4 Å². The Bertz CT molecular complexity index is 645. The molecule has 1 unspecified atom stereocenters. The number of benzene rings is 1. The lowest BCUT2D eigenvalue weighted by Crippen LogP contribution is -2.32. The molecule has 2 N–H and O–H groups in total. The Kier molecular flexibility index (Phi) is 8.15. The van der Waals surface area contributed by atoms with Crippen LogP contribution < -0.4 is 10.6 Å². The van der Waals surface area contributed by atoms with E-state index in [-0.39, 0.29) is 18.3 Å². The first-order valence-electron chi connectivity index (χ1n) is 8.25. The summed E-state index contributed by atoms with van der Waals surface area (Å²) in [6, 6.07) is 7.88. The number of carbonyl (C=O) groups excluding carboxylic acids is 1. The summed E-state index contributed by atoms with van der Waals surface area (Å²) < 4.78 is 0.919. The van der Waals surface area contributed by atoms with Crippen LogP contribution in [0.3, 0.4) is 0 Å². The van der Waals surface area contributed by atoms with E-state index in [1.54, 1.807) is 17.3 Å². The Hall–Kier alpha value is -1.15. The zero-order valence-electron chi connectivity index (χ0n) is 14.1. The molecule has 1 saturated heterocycles. The van der Waals surface area contributed by atoms with E-state index in [0.29, 0.717) is 18.3 Å². The van der Waals surface area contributed by atoms with Crippen LogP contribution in [-0.4, -0.2) is 29.2 Å². The number of carbonyl (C=O) groups is 1. The molecule has 1 aromatic carbocycles. The van der Waals surface area contributed by atoms with Gasteiger partial charge in [-0.25, -0.2) is 0 Å². The Morgan fingerprint density at radius 3 is 2.72 bits per heavy atom. The Morgan fingerprint density at radius 2 is 2.08 bits per heavy atom. The van der Waals surface area contributed by atoms with Crippen molar-refractivity contribution in [1.82, 2.24) is 15.5 Å². The monoisotopic (exact) mass is 398 g/mol. The van der Waals surface area contributed by atoms with E-state index >= 15 is 0 Å². The standard InChI is InChI=1S/C17H22N4OS2.ClH/c1-12(13-6-8-18-9-7-13)10-16(22)20-14-2-4-15(5-3-14)24-17-21-19-11-23-17;/h2-5,11-13,18H,6-10H2,1H3,(H,20,22);1H. The normalized spacial score (nSPS) is 16.0. The molecular formula is C17H23ClN4OS2. The predicted molar refractivity (Wildman–Crippen MR) is 106 cm³/mol. The van der Waals surface area contributed by atoms with Gasteiger partial charge < -0.3 is 10.6 Å². The number of aromatic nitrogens is 2. The van der Waals surface area contributed by atoms with Crippen molar-refractivity contribution < 1.29 is 4.79 Å². The van der Waals surface area contributed by atoms with Gasteiger partial charge in [-0.1, -0.05) is 30.0 Å². The Labute approximate surface area is 162 Å². The molecule has 0 aliphatic carbocycles. The molecule has 136 valence electrons. The highest BCUT2D eigenvalue weighted by Crippen LogP contribution is 2.29. The van der Waals surface area contributed by atoms with E-state index in [4.69, 9.17) is 0 Å². The molecule has 0 radical (unpaired) electrons. The quantitative estimate of drug-likeness (QED) is 0.767. The maximum atomic E-state index is 12.3. The van der Waals surface area contributed by atoms with Crippen molar-refractivity contribution in [3.63, 3.8) is 0 Å². The van der Waals surface area contributed by atoms with E-state index < -0.39 is 0 Å². The summed E-state index contributed by atoms with van der Waals surface area (Å²) in [7, 11) is 0. The highest BCUT2D eigenvalue weighted by Gasteiger charge is 2.22. The lowest BCUT2D eigenvalue weighted by Gasteiger charge is -2.27. The van der Waals surface area contributed by atoms with E-state index in [9.17, 15) is 4.79 Å². The second kappa shape index (κ2) is 10.1. The number of rotatable bonds is 6. The number of amides is 1. The summed E-state index contributed by atoms with van der Waals surface area (Å²) in [6.45, 7) is 4.34. The average molecular weight is 399 g/mol. The molecule has 1 aliphatic rings. The fourth-order valence-corrected chi connectivity index (χ4v) is 4.45. The fraction of sp³-hybridized carbons (Fsp3) is 0.471. The van der Waals surface area contributed by atoms with Crippen molar-refractivity contribution >= 4 is 47.1 Å². The van der Waals surface area contributed by atoms with Gasteiger partial charge >= 0.3 is 0 Å². The Balaban J connectivity index is 0.00000225. The zero-order chi connectivity index (χ0) is 16.8. The van der Waals surface area contributed by atoms with Crippen molar-refractivity contribution in [3.05, 3.63) is 29.8 Å². The molecule has 1 aromatic heterocycles. The predicted octanol–water partition coefficient (Wildman–Crippen LogP) is 4.08. The van der Waals surface area contributed by atoms with E-state index in [1.165, 1.54) is 24.2 Å². The van der Waals surface area contributed by atoms with Gasteiger partial charge in [-0.2, -0.15) is 0 Å². The van der Waals surface area contributed by atoms with Crippen molar-refractivity contribution in [2.24, 2.45) is 11.8 Å². The van der Waals surface area contributed by atoms with Crippen LogP contribution in [0, 0.1) is 11.8 Å². The molecule has 8 heteroatoms. The smallest absolute Gasteiger partial charge is 0.224 e. The topological polar surface area (TPSA) is 66.9 Å². The van der Waals surface area contributed by atoms with Gasteiger partial charge in [0.1, 0.15) is 5.51 Å². The molecule has 1 atom stereocenters. The fourth-order valence-electron chi connectivity index (χ4n) is 3.00. The summed E-state index contributed by atoms with van der Waals surface area (Å²) in [5, 5.41) is 14.2. The summed E-state index contributed by atoms with van der Waals surface area (Å²) in [6.07, 6.45) is 2.93. The minimum Gasteiger partial charge on any atom is -0.326 e. The van der Waals surface area contributed by atoms with Crippen LogP contribution in [0.1, 0.15) is 26.2 Å². The van der Waals surface area contributed by atoms with Crippen molar-refractivity contribution in [1.29, 1.82) is 0 Å². The number of hydrogen-bond donors (Lipinski definition) is 2. The zero-order valence-corrected chi connectivity index (χ0v) is 16.6. The highest BCUT2D eigenvalue weighted by atomic mass is 35.5. The molecule has 0 spiro atoms. The lowest BCUT2D eigenvalue weighted by molar-refractivity contribution is -0.117. The van der Waals surface area contributed by atoms with Crippen LogP contribution in [0.2, 0.25) is 0 Å². The van der Waals surface area contributed by atoms with E-state index in [1.807, 2.05) is 24.3 Å². The van der Waals surface area contributed by atoms with Crippen LogP contribution in [-0.2, 0) is 4.79 Å². The number of anilines is 1. The minimum absolute atomic E-state index is 0. The molecular weight excluding hydrogens is 376 g/mol. The van der Waals surface area contributed by atoms with Crippen LogP contribution in [0.25, 0.3) is 0 Å². The van der Waals surface area contributed by atoms with E-state index in [0.717, 1.165) is 28.0 Å². The third kappa shape index (κ3) is 6.26. The molecule has 1 fully saturated rings. The van der Waals surface area contributed by atoms with Crippen molar-refractivity contribution in [3.8, 4) is 0 Å². The van der Waals surface area contributed by atoms with Gasteiger partial charge in [0.25, 0.3) is 0 Å². The SMILES string of the molecule is CC(CC(=O)Nc1ccc(Sc2nncs2)cc1)C1CCNCC1.Cl. The molecule has 1 amide bonds. The maximum Gasteiger partial charge on any atom is 0.224 e. The minimum atomic E-state index is 0. The van der Waals surface area contributed by atoms with Crippen LogP contribution in [0.5, 0.6) is 0 Å². The second-order valence-corrected chi connectivity index (χ2v) is 8.30. The van der Waals surface area contributed by atoms with Gasteiger partial charge in [-0.3, -0.25) is 4.79 Å². The average Bonchev–Trinajstić information content (AvgIpc) is 3.10. The first-order valence-corrected chi connectivity index (χ1v) is 9.95. The molecule has 1 aliphatic heterocycles. The third-order valence-corrected chi connectivity index (χ3v) is 6.16. The van der Waals surface area contributed by atoms with E-state index in [2.05, 4.69) is 27.8 Å². The number of nitrogens with zero attached hydrogens (tertiary/aromatic N) is 2.